The van der Waals surface area contributed by atoms with Crippen LogP contribution in [0.3, 0.4) is 0 Å². The highest BCUT2D eigenvalue weighted by molar-refractivity contribution is 5.01. The fourth-order valence-corrected chi connectivity index (χ4v) is 4.78. The first-order valence-corrected chi connectivity index (χ1v) is 9.19. The summed E-state index contributed by atoms with van der Waals surface area (Å²) in [6.07, 6.45) is 7.07. The molecule has 3 fully saturated rings. The van der Waals surface area contributed by atoms with E-state index in [4.69, 9.17) is 0 Å². The third-order valence-corrected chi connectivity index (χ3v) is 6.70. The van der Waals surface area contributed by atoms with Crippen LogP contribution in [0.5, 0.6) is 0 Å². The highest BCUT2D eigenvalue weighted by atomic mass is 19.3. The third kappa shape index (κ3) is 3.33. The Morgan fingerprint density at radius 2 is 1.55 bits per heavy atom. The Hall–Kier alpha value is -0.220. The Morgan fingerprint density at radius 1 is 0.955 bits per heavy atom. The van der Waals surface area contributed by atoms with Gasteiger partial charge in [-0.15, -0.1) is 0 Å². The lowest BCUT2D eigenvalue weighted by Gasteiger charge is -2.51. The summed E-state index contributed by atoms with van der Waals surface area (Å²) in [4.78, 5) is 4.27. The van der Waals surface area contributed by atoms with Crippen molar-refractivity contribution < 1.29 is 8.78 Å². The fourth-order valence-electron chi connectivity index (χ4n) is 4.78. The first-order chi connectivity index (χ1) is 10.4. The zero-order chi connectivity index (χ0) is 15.8. The topological polar surface area (TPSA) is 6.48 Å². The number of hydrogen-bond donors (Lipinski definition) is 0. The standard InChI is InChI=1S/C18H32F2N2/c1-15-3-5-16(6-4-15)13-22-12-9-17(18(19,20)14-22)7-10-21(2)11-8-17/h15-16H,3-14H2,1-2H3. The zero-order valence-electron chi connectivity index (χ0n) is 14.3. The Morgan fingerprint density at radius 3 is 2.14 bits per heavy atom. The molecule has 22 heavy (non-hydrogen) atoms. The molecule has 0 radical (unpaired) electrons. The molecule has 2 aliphatic heterocycles. The Labute approximate surface area is 134 Å². The maximum absolute atomic E-state index is 14.9. The molecule has 0 amide bonds. The predicted molar refractivity (Wildman–Crippen MR) is 86.3 cm³/mol. The molecule has 2 nitrogen and oxygen atoms in total. The highest BCUT2D eigenvalue weighted by Crippen LogP contribution is 2.50. The Kier molecular flexibility index (Phi) is 4.80. The van der Waals surface area contributed by atoms with Gasteiger partial charge in [-0.25, -0.2) is 8.78 Å². The van der Waals surface area contributed by atoms with Crippen molar-refractivity contribution in [1.82, 2.24) is 9.80 Å². The number of rotatable bonds is 2. The van der Waals surface area contributed by atoms with Crippen molar-refractivity contribution >= 4 is 0 Å². The molecule has 0 unspecified atom stereocenters. The van der Waals surface area contributed by atoms with Crippen molar-refractivity contribution in [3.63, 3.8) is 0 Å². The lowest BCUT2D eigenvalue weighted by atomic mass is 9.68. The van der Waals surface area contributed by atoms with E-state index in [0.29, 0.717) is 25.2 Å². The zero-order valence-corrected chi connectivity index (χ0v) is 14.3. The number of likely N-dealkylation sites (tertiary alicyclic amines) is 2. The lowest BCUT2D eigenvalue weighted by Crippen LogP contribution is -2.59. The molecule has 128 valence electrons. The molecule has 1 aliphatic carbocycles. The quantitative estimate of drug-likeness (QED) is 0.763. The lowest BCUT2D eigenvalue weighted by molar-refractivity contribution is -0.188. The monoisotopic (exact) mass is 314 g/mol. The van der Waals surface area contributed by atoms with E-state index in [0.717, 1.165) is 32.1 Å². The normalized spacial score (nSPS) is 36.5. The summed E-state index contributed by atoms with van der Waals surface area (Å²) >= 11 is 0. The van der Waals surface area contributed by atoms with Crippen LogP contribution in [0.1, 0.15) is 51.9 Å². The Bertz CT molecular complexity index is 369. The first kappa shape index (κ1) is 16.6. The molecular formula is C18H32F2N2. The molecule has 0 aromatic heterocycles. The number of hydrogen-bond acceptors (Lipinski definition) is 2. The van der Waals surface area contributed by atoms with Gasteiger partial charge in [0.1, 0.15) is 0 Å². The summed E-state index contributed by atoms with van der Waals surface area (Å²) in [5.41, 5.74) is -0.711. The summed E-state index contributed by atoms with van der Waals surface area (Å²) in [6, 6.07) is 0. The van der Waals surface area contributed by atoms with Crippen molar-refractivity contribution in [3.05, 3.63) is 0 Å². The van der Waals surface area contributed by atoms with E-state index in [1.807, 2.05) is 7.05 Å². The van der Waals surface area contributed by atoms with Gasteiger partial charge in [0.15, 0.2) is 0 Å². The number of alkyl halides is 2. The van der Waals surface area contributed by atoms with Gasteiger partial charge in [-0.3, -0.25) is 4.90 Å². The van der Waals surface area contributed by atoms with Gasteiger partial charge in [0, 0.05) is 12.0 Å². The van der Waals surface area contributed by atoms with Crippen LogP contribution in [0.2, 0.25) is 0 Å². The van der Waals surface area contributed by atoms with Gasteiger partial charge in [-0.05, 0) is 70.6 Å². The van der Waals surface area contributed by atoms with Crippen LogP contribution in [-0.2, 0) is 0 Å². The average Bonchev–Trinajstić information content (AvgIpc) is 2.48. The van der Waals surface area contributed by atoms with Crippen molar-refractivity contribution in [2.75, 3.05) is 39.8 Å². The molecular weight excluding hydrogens is 282 g/mol. The molecule has 2 saturated heterocycles. The van der Waals surface area contributed by atoms with Gasteiger partial charge >= 0.3 is 0 Å². The van der Waals surface area contributed by atoms with E-state index in [1.54, 1.807) is 0 Å². The van der Waals surface area contributed by atoms with E-state index in [1.165, 1.54) is 25.7 Å². The predicted octanol–water partition coefficient (Wildman–Crippen LogP) is 3.87. The fraction of sp³-hybridized carbons (Fsp3) is 1.00. The minimum atomic E-state index is -2.51. The van der Waals surface area contributed by atoms with E-state index < -0.39 is 11.3 Å². The first-order valence-electron chi connectivity index (χ1n) is 9.19. The summed E-state index contributed by atoms with van der Waals surface area (Å²) < 4.78 is 29.8. The molecule has 3 aliphatic rings. The number of piperidine rings is 2. The van der Waals surface area contributed by atoms with E-state index in [-0.39, 0.29) is 6.54 Å². The van der Waals surface area contributed by atoms with E-state index in [9.17, 15) is 8.78 Å². The minimum absolute atomic E-state index is 0.00275. The molecule has 0 atom stereocenters. The van der Waals surface area contributed by atoms with Crippen molar-refractivity contribution in [3.8, 4) is 0 Å². The molecule has 1 saturated carbocycles. The molecule has 3 rings (SSSR count). The molecule has 0 aromatic rings. The number of halogens is 2. The van der Waals surface area contributed by atoms with E-state index in [2.05, 4.69) is 16.7 Å². The summed E-state index contributed by atoms with van der Waals surface area (Å²) in [5.74, 6) is -1.02. The van der Waals surface area contributed by atoms with Crippen LogP contribution >= 0.6 is 0 Å². The maximum Gasteiger partial charge on any atom is 0.266 e. The van der Waals surface area contributed by atoms with Crippen LogP contribution in [0, 0.1) is 17.3 Å². The van der Waals surface area contributed by atoms with Crippen LogP contribution in [-0.4, -0.2) is 55.5 Å². The minimum Gasteiger partial charge on any atom is -0.306 e. The number of nitrogens with zero attached hydrogens (tertiary/aromatic N) is 2. The van der Waals surface area contributed by atoms with E-state index >= 15 is 0 Å². The van der Waals surface area contributed by atoms with Gasteiger partial charge in [0.25, 0.3) is 5.92 Å². The summed E-state index contributed by atoms with van der Waals surface area (Å²) in [7, 11) is 2.05. The van der Waals surface area contributed by atoms with Crippen LogP contribution in [0.15, 0.2) is 0 Å². The van der Waals surface area contributed by atoms with Crippen molar-refractivity contribution in [2.24, 2.45) is 17.3 Å². The van der Waals surface area contributed by atoms with Gasteiger partial charge < -0.3 is 4.90 Å². The Balaban J connectivity index is 1.56. The van der Waals surface area contributed by atoms with Crippen molar-refractivity contribution in [2.45, 2.75) is 57.8 Å². The summed E-state index contributed by atoms with van der Waals surface area (Å²) in [5, 5.41) is 0. The summed E-state index contributed by atoms with van der Waals surface area (Å²) in [6.45, 7) is 5.76. The van der Waals surface area contributed by atoms with Gasteiger partial charge in [-0.2, -0.15) is 0 Å². The largest absolute Gasteiger partial charge is 0.306 e. The van der Waals surface area contributed by atoms with Gasteiger partial charge in [0.05, 0.1) is 6.54 Å². The third-order valence-electron chi connectivity index (χ3n) is 6.70. The van der Waals surface area contributed by atoms with Crippen LogP contribution < -0.4 is 0 Å². The molecule has 4 heteroatoms. The SMILES string of the molecule is CC1CCC(CN2CCC3(CCN(C)CC3)C(F)(F)C2)CC1. The average molecular weight is 314 g/mol. The van der Waals surface area contributed by atoms with Gasteiger partial charge in [0.2, 0.25) is 0 Å². The molecule has 0 aromatic carbocycles. The van der Waals surface area contributed by atoms with Crippen LogP contribution in [0.4, 0.5) is 8.78 Å². The molecule has 0 bridgehead atoms. The highest BCUT2D eigenvalue weighted by Gasteiger charge is 2.56. The maximum atomic E-state index is 14.9. The molecule has 0 N–H and O–H groups in total. The van der Waals surface area contributed by atoms with Crippen LogP contribution in [0.25, 0.3) is 0 Å². The smallest absolute Gasteiger partial charge is 0.266 e. The molecule has 1 spiro atoms. The second-order valence-corrected chi connectivity index (χ2v) is 8.40. The molecule has 2 heterocycles. The second-order valence-electron chi connectivity index (χ2n) is 8.40. The van der Waals surface area contributed by atoms with Gasteiger partial charge in [-0.1, -0.05) is 19.8 Å². The van der Waals surface area contributed by atoms with Crippen molar-refractivity contribution in [1.29, 1.82) is 0 Å². The second kappa shape index (κ2) is 6.35.